The zero-order valence-corrected chi connectivity index (χ0v) is 14.0. The molecule has 1 fully saturated rings. The van der Waals surface area contributed by atoms with Gasteiger partial charge in [-0.15, -0.1) is 0 Å². The van der Waals surface area contributed by atoms with E-state index >= 15 is 0 Å². The third kappa shape index (κ3) is 3.10. The molecule has 1 saturated heterocycles. The molecule has 4 rings (SSSR count). The van der Waals surface area contributed by atoms with Crippen LogP contribution in [0.15, 0.2) is 30.6 Å². The first kappa shape index (κ1) is 16.4. The standard InChI is InChI=1S/C18H17F2N5O/c19-14-5-4-12(10-15(14)20)23-18(26)25-8-6-24(7-9-25)17-13-2-1-3-16(13)21-11-22-17/h1-2,4-5,10-11H,3,6-9H2,(H,23,26). The highest BCUT2D eigenvalue weighted by molar-refractivity contribution is 5.89. The largest absolute Gasteiger partial charge is 0.352 e. The number of nitrogens with one attached hydrogen (secondary N) is 1. The van der Waals surface area contributed by atoms with Crippen molar-refractivity contribution in [3.05, 3.63) is 53.5 Å². The minimum Gasteiger partial charge on any atom is -0.352 e. The van der Waals surface area contributed by atoms with Gasteiger partial charge in [0.1, 0.15) is 12.1 Å². The molecule has 1 aliphatic carbocycles. The summed E-state index contributed by atoms with van der Waals surface area (Å²) in [5, 5.41) is 2.60. The third-order valence-electron chi connectivity index (χ3n) is 4.58. The highest BCUT2D eigenvalue weighted by atomic mass is 19.2. The molecular weight excluding hydrogens is 340 g/mol. The lowest BCUT2D eigenvalue weighted by atomic mass is 10.2. The second-order valence-corrected chi connectivity index (χ2v) is 6.20. The summed E-state index contributed by atoms with van der Waals surface area (Å²) in [4.78, 5) is 24.8. The molecule has 1 aromatic carbocycles. The van der Waals surface area contributed by atoms with Crippen molar-refractivity contribution in [2.45, 2.75) is 6.42 Å². The van der Waals surface area contributed by atoms with E-state index in [9.17, 15) is 13.6 Å². The van der Waals surface area contributed by atoms with Crippen LogP contribution in [0, 0.1) is 11.6 Å². The van der Waals surface area contributed by atoms with Crippen LogP contribution in [0.5, 0.6) is 0 Å². The quantitative estimate of drug-likeness (QED) is 0.898. The van der Waals surface area contributed by atoms with Gasteiger partial charge in [-0.2, -0.15) is 0 Å². The molecule has 2 aromatic rings. The van der Waals surface area contributed by atoms with Crippen molar-refractivity contribution in [3.63, 3.8) is 0 Å². The fraction of sp³-hybridized carbons (Fsp3) is 0.278. The van der Waals surface area contributed by atoms with Crippen LogP contribution in [-0.2, 0) is 6.42 Å². The minimum absolute atomic E-state index is 0.232. The molecule has 0 saturated carbocycles. The van der Waals surface area contributed by atoms with Crippen LogP contribution in [0.2, 0.25) is 0 Å². The molecule has 0 radical (unpaired) electrons. The van der Waals surface area contributed by atoms with Gasteiger partial charge in [0, 0.05) is 49.9 Å². The Kier molecular flexibility index (Phi) is 4.24. The van der Waals surface area contributed by atoms with Crippen LogP contribution >= 0.6 is 0 Å². The van der Waals surface area contributed by atoms with Crippen LogP contribution in [-0.4, -0.2) is 47.1 Å². The molecule has 2 heterocycles. The number of rotatable bonds is 2. The van der Waals surface area contributed by atoms with Crippen LogP contribution in [0.25, 0.3) is 6.08 Å². The maximum atomic E-state index is 13.3. The number of nitrogens with zero attached hydrogens (tertiary/aromatic N) is 4. The Morgan fingerprint density at radius 1 is 1.08 bits per heavy atom. The summed E-state index contributed by atoms with van der Waals surface area (Å²) in [6.07, 6.45) is 6.49. The zero-order valence-electron chi connectivity index (χ0n) is 14.0. The molecule has 0 unspecified atom stereocenters. The Hall–Kier alpha value is -3.03. The van der Waals surface area contributed by atoms with E-state index in [2.05, 4.69) is 26.3 Å². The summed E-state index contributed by atoms with van der Waals surface area (Å²) in [7, 11) is 0. The predicted molar refractivity (Wildman–Crippen MR) is 93.9 cm³/mol. The van der Waals surface area contributed by atoms with Crippen molar-refractivity contribution in [1.82, 2.24) is 14.9 Å². The molecule has 0 atom stereocenters. The number of anilines is 2. The topological polar surface area (TPSA) is 61.4 Å². The fourth-order valence-corrected chi connectivity index (χ4v) is 3.19. The van der Waals surface area contributed by atoms with Crippen LogP contribution in [0.4, 0.5) is 25.1 Å². The molecule has 0 bridgehead atoms. The van der Waals surface area contributed by atoms with Crippen LogP contribution < -0.4 is 10.2 Å². The fourth-order valence-electron chi connectivity index (χ4n) is 3.19. The third-order valence-corrected chi connectivity index (χ3v) is 4.58. The second kappa shape index (κ2) is 6.70. The normalized spacial score (nSPS) is 15.9. The van der Waals surface area contributed by atoms with E-state index in [0.29, 0.717) is 26.2 Å². The number of carbonyl (C=O) groups is 1. The molecule has 1 aliphatic heterocycles. The number of urea groups is 1. The van der Waals surface area contributed by atoms with Gasteiger partial charge in [-0.25, -0.2) is 23.5 Å². The smallest absolute Gasteiger partial charge is 0.321 e. The van der Waals surface area contributed by atoms with E-state index in [-0.39, 0.29) is 11.7 Å². The second-order valence-electron chi connectivity index (χ2n) is 6.20. The van der Waals surface area contributed by atoms with Crippen LogP contribution in [0.3, 0.4) is 0 Å². The van der Waals surface area contributed by atoms with Gasteiger partial charge in [-0.1, -0.05) is 12.2 Å². The maximum absolute atomic E-state index is 13.3. The van der Waals surface area contributed by atoms with Gasteiger partial charge in [0.2, 0.25) is 0 Å². The van der Waals surface area contributed by atoms with Gasteiger partial charge in [-0.05, 0) is 12.1 Å². The highest BCUT2D eigenvalue weighted by Crippen LogP contribution is 2.27. The van der Waals surface area contributed by atoms with E-state index < -0.39 is 11.6 Å². The molecule has 2 amide bonds. The summed E-state index contributed by atoms with van der Waals surface area (Å²) in [6, 6.07) is 2.97. The Morgan fingerprint density at radius 2 is 1.88 bits per heavy atom. The molecule has 2 aliphatic rings. The number of aromatic nitrogens is 2. The molecule has 1 aromatic heterocycles. The molecule has 1 N–H and O–H groups in total. The number of fused-ring (bicyclic) bond motifs is 1. The predicted octanol–water partition coefficient (Wildman–Crippen LogP) is 2.68. The van der Waals surface area contributed by atoms with E-state index in [4.69, 9.17) is 0 Å². The number of hydrogen-bond donors (Lipinski definition) is 1. The van der Waals surface area contributed by atoms with E-state index in [1.54, 1.807) is 11.2 Å². The van der Waals surface area contributed by atoms with Crippen molar-refractivity contribution in [2.75, 3.05) is 36.4 Å². The number of amides is 2. The summed E-state index contributed by atoms with van der Waals surface area (Å²) >= 11 is 0. The number of carbonyl (C=O) groups excluding carboxylic acids is 1. The SMILES string of the molecule is O=C(Nc1ccc(F)c(F)c1)N1CCN(c2ncnc3c2C=CC3)CC1. The van der Waals surface area contributed by atoms with E-state index in [1.165, 1.54) is 6.07 Å². The van der Waals surface area contributed by atoms with Crippen molar-refractivity contribution in [3.8, 4) is 0 Å². The van der Waals surface area contributed by atoms with Crippen molar-refractivity contribution in [2.24, 2.45) is 0 Å². The van der Waals surface area contributed by atoms with Gasteiger partial charge in [0.25, 0.3) is 0 Å². The average Bonchev–Trinajstić information content (AvgIpc) is 3.14. The zero-order chi connectivity index (χ0) is 18.1. The number of halogens is 2. The lowest BCUT2D eigenvalue weighted by Crippen LogP contribution is -2.50. The first-order valence-corrected chi connectivity index (χ1v) is 8.38. The van der Waals surface area contributed by atoms with E-state index in [1.807, 2.05) is 6.08 Å². The number of allylic oxidation sites excluding steroid dienone is 1. The lowest BCUT2D eigenvalue weighted by molar-refractivity contribution is 0.208. The molecule has 134 valence electrons. The summed E-state index contributed by atoms with van der Waals surface area (Å²) in [5.74, 6) is -1.04. The summed E-state index contributed by atoms with van der Waals surface area (Å²) in [5.41, 5.74) is 2.30. The van der Waals surface area contributed by atoms with Gasteiger partial charge < -0.3 is 15.1 Å². The molecule has 26 heavy (non-hydrogen) atoms. The highest BCUT2D eigenvalue weighted by Gasteiger charge is 2.25. The first-order chi connectivity index (χ1) is 12.6. The molecular formula is C18H17F2N5O. The summed E-state index contributed by atoms with van der Waals surface area (Å²) < 4.78 is 26.2. The minimum atomic E-state index is -0.988. The van der Waals surface area contributed by atoms with Crippen molar-refractivity contribution in [1.29, 1.82) is 0 Å². The molecule has 0 spiro atoms. The number of benzene rings is 1. The van der Waals surface area contributed by atoms with Crippen LogP contribution in [0.1, 0.15) is 11.3 Å². The van der Waals surface area contributed by atoms with Gasteiger partial charge >= 0.3 is 6.03 Å². The van der Waals surface area contributed by atoms with E-state index in [0.717, 1.165) is 35.6 Å². The van der Waals surface area contributed by atoms with Gasteiger partial charge in [0.15, 0.2) is 11.6 Å². The summed E-state index contributed by atoms with van der Waals surface area (Å²) in [6.45, 7) is 2.31. The monoisotopic (exact) mass is 357 g/mol. The Morgan fingerprint density at radius 3 is 2.65 bits per heavy atom. The number of hydrogen-bond acceptors (Lipinski definition) is 4. The Balaban J connectivity index is 1.39. The molecule has 8 heteroatoms. The Labute approximate surface area is 149 Å². The maximum Gasteiger partial charge on any atom is 0.321 e. The lowest BCUT2D eigenvalue weighted by Gasteiger charge is -2.35. The van der Waals surface area contributed by atoms with Crippen molar-refractivity contribution < 1.29 is 13.6 Å². The Bertz CT molecular complexity index is 878. The first-order valence-electron chi connectivity index (χ1n) is 8.38. The van der Waals surface area contributed by atoms with Gasteiger partial charge in [-0.3, -0.25) is 0 Å². The average molecular weight is 357 g/mol. The molecule has 6 nitrogen and oxygen atoms in total. The van der Waals surface area contributed by atoms with Gasteiger partial charge in [0.05, 0.1) is 5.69 Å². The van der Waals surface area contributed by atoms with Crippen molar-refractivity contribution >= 4 is 23.6 Å². The number of piperazine rings is 1.